The Morgan fingerprint density at radius 3 is 2.38 bits per heavy atom. The lowest BCUT2D eigenvalue weighted by atomic mass is 9.87. The fourth-order valence-electron chi connectivity index (χ4n) is 3.19. The molecule has 4 amide bonds. The highest BCUT2D eigenvalue weighted by atomic mass is 19.1. The van der Waals surface area contributed by atoms with E-state index < -0.39 is 23.3 Å². The third-order valence-corrected chi connectivity index (χ3v) is 4.85. The van der Waals surface area contributed by atoms with E-state index in [0.29, 0.717) is 25.1 Å². The molecule has 0 aromatic heterocycles. The molecule has 1 N–H and O–H groups in total. The molecule has 26 heavy (non-hydrogen) atoms. The highest BCUT2D eigenvalue weighted by molar-refractivity contribution is 6.09. The molecule has 1 aromatic carbocycles. The lowest BCUT2D eigenvalue weighted by Crippen LogP contribution is -2.45. The molecule has 7 heteroatoms. The molecule has 1 aliphatic heterocycles. The zero-order valence-electron chi connectivity index (χ0n) is 15.5. The van der Waals surface area contributed by atoms with Crippen LogP contribution in [0.2, 0.25) is 0 Å². The van der Waals surface area contributed by atoms with Crippen molar-refractivity contribution in [3.63, 3.8) is 0 Å². The minimum Gasteiger partial charge on any atom is -0.341 e. The van der Waals surface area contributed by atoms with E-state index in [1.165, 1.54) is 24.3 Å². The summed E-state index contributed by atoms with van der Waals surface area (Å²) >= 11 is 0. The molecule has 0 saturated carbocycles. The van der Waals surface area contributed by atoms with Gasteiger partial charge in [0.05, 0.1) is 0 Å². The lowest BCUT2D eigenvalue weighted by molar-refractivity contribution is -0.139. The van der Waals surface area contributed by atoms with Crippen LogP contribution >= 0.6 is 0 Å². The van der Waals surface area contributed by atoms with Gasteiger partial charge in [-0.05, 0) is 37.5 Å². The second kappa shape index (κ2) is 8.29. The van der Waals surface area contributed by atoms with Crippen molar-refractivity contribution < 1.29 is 18.8 Å². The first-order chi connectivity index (χ1) is 12.4. The predicted octanol–water partition coefficient (Wildman–Crippen LogP) is 2.63. The smallest absolute Gasteiger partial charge is 0.325 e. The van der Waals surface area contributed by atoms with Crippen LogP contribution in [-0.4, -0.2) is 47.3 Å². The summed E-state index contributed by atoms with van der Waals surface area (Å²) in [6.45, 7) is 6.52. The zero-order chi connectivity index (χ0) is 19.3. The summed E-state index contributed by atoms with van der Waals surface area (Å²) in [4.78, 5) is 40.5. The molecule has 1 aliphatic rings. The standard InChI is InChI=1S/C19H26FN3O3/c1-4-7-12-22(6-3)16(24)13-23-17(25)19(5-2,21-18(23)26)14-8-10-15(20)11-9-14/h8-11H,4-7,12-13H2,1-3H3,(H,21,26)/t19-/m1/s1. The zero-order valence-corrected chi connectivity index (χ0v) is 15.5. The average Bonchev–Trinajstić information content (AvgIpc) is 2.88. The second-order valence-corrected chi connectivity index (χ2v) is 6.41. The van der Waals surface area contributed by atoms with Crippen molar-refractivity contribution in [2.45, 2.75) is 45.6 Å². The van der Waals surface area contributed by atoms with Crippen LogP contribution in [0.15, 0.2) is 24.3 Å². The van der Waals surface area contributed by atoms with Gasteiger partial charge in [-0.15, -0.1) is 0 Å². The number of unbranched alkanes of at least 4 members (excludes halogenated alkanes) is 1. The van der Waals surface area contributed by atoms with Crippen LogP contribution in [0, 0.1) is 5.82 Å². The molecule has 1 heterocycles. The quantitative estimate of drug-likeness (QED) is 0.722. The van der Waals surface area contributed by atoms with Gasteiger partial charge in [0, 0.05) is 13.1 Å². The summed E-state index contributed by atoms with van der Waals surface area (Å²) in [6.07, 6.45) is 2.13. The number of carbonyl (C=O) groups excluding carboxylic acids is 3. The maximum atomic E-state index is 13.2. The first kappa shape index (κ1) is 19.9. The molecule has 0 spiro atoms. The molecular weight excluding hydrogens is 337 g/mol. The van der Waals surface area contributed by atoms with Crippen LogP contribution in [0.5, 0.6) is 0 Å². The van der Waals surface area contributed by atoms with E-state index in [1.807, 2.05) is 13.8 Å². The fourth-order valence-corrected chi connectivity index (χ4v) is 3.19. The molecule has 0 aliphatic carbocycles. The van der Waals surface area contributed by atoms with Crippen LogP contribution < -0.4 is 5.32 Å². The topological polar surface area (TPSA) is 69.7 Å². The first-order valence-electron chi connectivity index (χ1n) is 9.07. The number of carbonyl (C=O) groups is 3. The second-order valence-electron chi connectivity index (χ2n) is 6.41. The largest absolute Gasteiger partial charge is 0.341 e. The molecule has 6 nitrogen and oxygen atoms in total. The minimum absolute atomic E-state index is 0.254. The van der Waals surface area contributed by atoms with Crippen molar-refractivity contribution in [1.82, 2.24) is 15.1 Å². The number of amides is 4. The Bertz CT molecular complexity index is 677. The van der Waals surface area contributed by atoms with Crippen molar-refractivity contribution in [2.75, 3.05) is 19.6 Å². The van der Waals surface area contributed by atoms with E-state index in [4.69, 9.17) is 0 Å². The Kier molecular flexibility index (Phi) is 6.34. The van der Waals surface area contributed by atoms with E-state index in [-0.39, 0.29) is 12.5 Å². The van der Waals surface area contributed by atoms with Crippen molar-refractivity contribution in [2.24, 2.45) is 0 Å². The van der Waals surface area contributed by atoms with Crippen LogP contribution in [0.4, 0.5) is 9.18 Å². The molecular formula is C19H26FN3O3. The number of benzene rings is 1. The van der Waals surface area contributed by atoms with Crippen molar-refractivity contribution >= 4 is 17.8 Å². The fraction of sp³-hybridized carbons (Fsp3) is 0.526. The predicted molar refractivity (Wildman–Crippen MR) is 95.8 cm³/mol. The van der Waals surface area contributed by atoms with Crippen LogP contribution in [0.3, 0.4) is 0 Å². The monoisotopic (exact) mass is 363 g/mol. The summed E-state index contributed by atoms with van der Waals surface area (Å²) in [5, 5.41) is 2.70. The molecule has 142 valence electrons. The van der Waals surface area contributed by atoms with E-state index in [9.17, 15) is 18.8 Å². The van der Waals surface area contributed by atoms with Crippen molar-refractivity contribution in [3.05, 3.63) is 35.6 Å². The van der Waals surface area contributed by atoms with Gasteiger partial charge in [0.2, 0.25) is 5.91 Å². The van der Waals surface area contributed by atoms with Gasteiger partial charge in [-0.1, -0.05) is 32.4 Å². The molecule has 1 aromatic rings. The number of rotatable bonds is 8. The molecule has 1 atom stereocenters. The summed E-state index contributed by atoms with van der Waals surface area (Å²) in [6, 6.07) is 4.89. The van der Waals surface area contributed by atoms with E-state index in [1.54, 1.807) is 11.8 Å². The normalized spacial score (nSPS) is 19.6. The Balaban J connectivity index is 2.21. The Labute approximate surface area is 153 Å². The molecule has 2 rings (SSSR count). The van der Waals surface area contributed by atoms with Crippen molar-refractivity contribution in [3.8, 4) is 0 Å². The highest BCUT2D eigenvalue weighted by Gasteiger charge is 2.51. The SMILES string of the molecule is CCCCN(CC)C(=O)CN1C(=O)N[C@](CC)(c2ccc(F)cc2)C1=O. The maximum absolute atomic E-state index is 13.2. The molecule has 0 unspecified atom stereocenters. The number of nitrogens with one attached hydrogen (secondary N) is 1. The van der Waals surface area contributed by atoms with Crippen LogP contribution in [0.25, 0.3) is 0 Å². The van der Waals surface area contributed by atoms with Gasteiger partial charge in [0.15, 0.2) is 0 Å². The van der Waals surface area contributed by atoms with E-state index in [2.05, 4.69) is 5.32 Å². The van der Waals surface area contributed by atoms with Gasteiger partial charge >= 0.3 is 6.03 Å². The number of halogens is 1. The number of hydrogen-bond acceptors (Lipinski definition) is 3. The van der Waals surface area contributed by atoms with Gasteiger partial charge in [0.1, 0.15) is 17.9 Å². The number of hydrogen-bond donors (Lipinski definition) is 1. The first-order valence-corrected chi connectivity index (χ1v) is 9.07. The molecule has 0 radical (unpaired) electrons. The van der Waals surface area contributed by atoms with Gasteiger partial charge in [-0.2, -0.15) is 0 Å². The summed E-state index contributed by atoms with van der Waals surface area (Å²) in [5.74, 6) is -1.15. The number of likely N-dealkylation sites (N-methyl/N-ethyl adjacent to an activating group) is 1. The molecule has 1 saturated heterocycles. The van der Waals surface area contributed by atoms with Crippen LogP contribution in [-0.2, 0) is 15.1 Å². The molecule has 0 bridgehead atoms. The van der Waals surface area contributed by atoms with Gasteiger partial charge in [-0.25, -0.2) is 9.18 Å². The number of imide groups is 1. The Hall–Kier alpha value is -2.44. The van der Waals surface area contributed by atoms with E-state index in [0.717, 1.165) is 17.7 Å². The van der Waals surface area contributed by atoms with E-state index >= 15 is 0 Å². The summed E-state index contributed by atoms with van der Waals surface area (Å²) in [7, 11) is 0. The molecule has 1 fully saturated rings. The van der Waals surface area contributed by atoms with Gasteiger partial charge in [0.25, 0.3) is 5.91 Å². The maximum Gasteiger partial charge on any atom is 0.325 e. The van der Waals surface area contributed by atoms with Crippen molar-refractivity contribution in [1.29, 1.82) is 0 Å². The highest BCUT2D eigenvalue weighted by Crippen LogP contribution is 2.32. The number of nitrogens with zero attached hydrogens (tertiary/aromatic N) is 2. The summed E-state index contributed by atoms with van der Waals surface area (Å²) < 4.78 is 13.2. The Morgan fingerprint density at radius 2 is 1.85 bits per heavy atom. The van der Waals surface area contributed by atoms with Gasteiger partial charge < -0.3 is 10.2 Å². The number of urea groups is 1. The minimum atomic E-state index is -1.26. The lowest BCUT2D eigenvalue weighted by Gasteiger charge is -2.26. The summed E-state index contributed by atoms with van der Waals surface area (Å²) in [5.41, 5.74) is -0.751. The van der Waals surface area contributed by atoms with Gasteiger partial charge in [-0.3, -0.25) is 14.5 Å². The van der Waals surface area contributed by atoms with Crippen LogP contribution in [0.1, 0.15) is 45.6 Å². The third kappa shape index (κ3) is 3.71. The Morgan fingerprint density at radius 1 is 1.19 bits per heavy atom. The average molecular weight is 363 g/mol. The third-order valence-electron chi connectivity index (χ3n) is 4.85.